The molecule has 1 heterocycles. The van der Waals surface area contributed by atoms with E-state index in [0.29, 0.717) is 28.3 Å². The lowest BCUT2D eigenvalue weighted by Gasteiger charge is -2.38. The fourth-order valence-electron chi connectivity index (χ4n) is 4.63. The van der Waals surface area contributed by atoms with Gasteiger partial charge in [0.15, 0.2) is 0 Å². The SMILES string of the molecule is COc1cc(OC)cc(C(=O)Nc2ccc(N3CCN(c4ccccc4OC)CC3)c(C(=O)NC(C)C)c2)c1. The number of para-hydroxylation sites is 2. The van der Waals surface area contributed by atoms with E-state index >= 15 is 0 Å². The molecule has 1 aliphatic heterocycles. The van der Waals surface area contributed by atoms with Gasteiger partial charge in [0.1, 0.15) is 17.2 Å². The normalized spacial score (nSPS) is 13.2. The van der Waals surface area contributed by atoms with E-state index in [1.807, 2.05) is 44.2 Å². The number of hydrogen-bond donors (Lipinski definition) is 2. The minimum Gasteiger partial charge on any atom is -0.497 e. The van der Waals surface area contributed by atoms with E-state index in [2.05, 4.69) is 26.5 Å². The highest BCUT2D eigenvalue weighted by Crippen LogP contribution is 2.31. The highest BCUT2D eigenvalue weighted by atomic mass is 16.5. The summed E-state index contributed by atoms with van der Waals surface area (Å²) in [6.07, 6.45) is 0. The largest absolute Gasteiger partial charge is 0.497 e. The zero-order valence-corrected chi connectivity index (χ0v) is 23.1. The topological polar surface area (TPSA) is 92.4 Å². The number of nitrogens with one attached hydrogen (secondary N) is 2. The monoisotopic (exact) mass is 532 g/mol. The molecule has 206 valence electrons. The molecular weight excluding hydrogens is 496 g/mol. The van der Waals surface area contributed by atoms with Crippen molar-refractivity contribution in [1.82, 2.24) is 5.32 Å². The Kier molecular flexibility index (Phi) is 8.81. The lowest BCUT2D eigenvalue weighted by molar-refractivity contribution is 0.0942. The molecule has 39 heavy (non-hydrogen) atoms. The minimum absolute atomic E-state index is 0.0322. The molecule has 2 amide bonds. The summed E-state index contributed by atoms with van der Waals surface area (Å²) in [5, 5.41) is 5.90. The van der Waals surface area contributed by atoms with Gasteiger partial charge in [-0.15, -0.1) is 0 Å². The molecule has 0 aliphatic carbocycles. The van der Waals surface area contributed by atoms with E-state index in [9.17, 15) is 9.59 Å². The first-order valence-corrected chi connectivity index (χ1v) is 12.9. The maximum atomic E-state index is 13.3. The molecule has 0 saturated carbocycles. The van der Waals surface area contributed by atoms with Crippen LogP contribution in [0, 0.1) is 0 Å². The first kappa shape index (κ1) is 27.6. The van der Waals surface area contributed by atoms with Crippen LogP contribution >= 0.6 is 0 Å². The van der Waals surface area contributed by atoms with Crippen LogP contribution in [0.15, 0.2) is 60.7 Å². The molecule has 0 atom stereocenters. The van der Waals surface area contributed by atoms with Crippen LogP contribution in [0.25, 0.3) is 0 Å². The zero-order valence-electron chi connectivity index (χ0n) is 23.1. The second kappa shape index (κ2) is 12.4. The number of ether oxygens (including phenoxy) is 3. The smallest absolute Gasteiger partial charge is 0.255 e. The van der Waals surface area contributed by atoms with Gasteiger partial charge in [-0.2, -0.15) is 0 Å². The van der Waals surface area contributed by atoms with Gasteiger partial charge in [0.05, 0.1) is 32.6 Å². The average molecular weight is 533 g/mol. The van der Waals surface area contributed by atoms with Gasteiger partial charge in [-0.25, -0.2) is 0 Å². The average Bonchev–Trinajstić information content (AvgIpc) is 2.96. The Morgan fingerprint density at radius 2 is 1.36 bits per heavy atom. The number of carbonyl (C=O) groups excluding carboxylic acids is 2. The van der Waals surface area contributed by atoms with Gasteiger partial charge in [0, 0.05) is 55.2 Å². The van der Waals surface area contributed by atoms with Crippen molar-refractivity contribution in [3.05, 3.63) is 71.8 Å². The van der Waals surface area contributed by atoms with E-state index in [-0.39, 0.29) is 17.9 Å². The summed E-state index contributed by atoms with van der Waals surface area (Å²) >= 11 is 0. The minimum atomic E-state index is -0.333. The van der Waals surface area contributed by atoms with Crippen molar-refractivity contribution >= 4 is 28.9 Å². The molecular formula is C30H36N4O5. The molecule has 0 unspecified atom stereocenters. The predicted octanol–water partition coefficient (Wildman–Crippen LogP) is 4.43. The van der Waals surface area contributed by atoms with Crippen LogP contribution in [0.4, 0.5) is 17.1 Å². The second-order valence-corrected chi connectivity index (χ2v) is 9.56. The van der Waals surface area contributed by atoms with Gasteiger partial charge < -0.3 is 34.6 Å². The van der Waals surface area contributed by atoms with Crippen LogP contribution in [0.5, 0.6) is 17.2 Å². The summed E-state index contributed by atoms with van der Waals surface area (Å²) in [5.41, 5.74) is 3.30. The molecule has 0 aromatic heterocycles. The van der Waals surface area contributed by atoms with Crippen LogP contribution in [-0.2, 0) is 0 Å². The highest BCUT2D eigenvalue weighted by Gasteiger charge is 2.24. The fourth-order valence-corrected chi connectivity index (χ4v) is 4.63. The van der Waals surface area contributed by atoms with E-state index < -0.39 is 0 Å². The number of nitrogens with zero attached hydrogens (tertiary/aromatic N) is 2. The van der Waals surface area contributed by atoms with Gasteiger partial charge in [0.25, 0.3) is 11.8 Å². The van der Waals surface area contributed by atoms with Crippen molar-refractivity contribution in [3.8, 4) is 17.2 Å². The zero-order chi connectivity index (χ0) is 27.9. The Bertz CT molecular complexity index is 1300. The molecule has 0 spiro atoms. The number of benzene rings is 3. The van der Waals surface area contributed by atoms with Gasteiger partial charge in [-0.1, -0.05) is 12.1 Å². The molecule has 0 bridgehead atoms. The summed E-state index contributed by atoms with van der Waals surface area (Å²) in [6.45, 7) is 6.87. The number of hydrogen-bond acceptors (Lipinski definition) is 7. The number of amides is 2. The van der Waals surface area contributed by atoms with E-state index in [0.717, 1.165) is 43.3 Å². The number of methoxy groups -OCH3 is 3. The first-order chi connectivity index (χ1) is 18.8. The lowest BCUT2D eigenvalue weighted by atomic mass is 10.1. The molecule has 9 heteroatoms. The number of rotatable bonds is 9. The van der Waals surface area contributed by atoms with Gasteiger partial charge >= 0.3 is 0 Å². The maximum Gasteiger partial charge on any atom is 0.255 e. The molecule has 2 N–H and O–H groups in total. The van der Waals surface area contributed by atoms with Crippen LogP contribution in [0.1, 0.15) is 34.6 Å². The molecule has 3 aromatic rings. The number of piperazine rings is 1. The Morgan fingerprint density at radius 1 is 0.744 bits per heavy atom. The Hall–Kier alpha value is -4.40. The predicted molar refractivity (Wildman–Crippen MR) is 154 cm³/mol. The van der Waals surface area contributed by atoms with Gasteiger partial charge in [-0.05, 0) is 56.3 Å². The molecule has 9 nitrogen and oxygen atoms in total. The van der Waals surface area contributed by atoms with Crippen LogP contribution in [-0.4, -0.2) is 65.4 Å². The third-order valence-electron chi connectivity index (χ3n) is 6.58. The molecule has 1 aliphatic rings. The second-order valence-electron chi connectivity index (χ2n) is 9.56. The molecule has 0 radical (unpaired) electrons. The van der Waals surface area contributed by atoms with Crippen LogP contribution < -0.4 is 34.6 Å². The van der Waals surface area contributed by atoms with Crippen LogP contribution in [0.2, 0.25) is 0 Å². The molecule has 4 rings (SSSR count). The van der Waals surface area contributed by atoms with Crippen molar-refractivity contribution in [1.29, 1.82) is 0 Å². The van der Waals surface area contributed by atoms with Gasteiger partial charge in [0.2, 0.25) is 0 Å². The molecule has 1 fully saturated rings. The summed E-state index contributed by atoms with van der Waals surface area (Å²) < 4.78 is 16.1. The van der Waals surface area contributed by atoms with E-state index in [4.69, 9.17) is 14.2 Å². The fraction of sp³-hybridized carbons (Fsp3) is 0.333. The van der Waals surface area contributed by atoms with Crippen LogP contribution in [0.3, 0.4) is 0 Å². The van der Waals surface area contributed by atoms with E-state index in [1.54, 1.807) is 31.4 Å². The number of anilines is 3. The Morgan fingerprint density at radius 3 is 1.95 bits per heavy atom. The van der Waals surface area contributed by atoms with Gasteiger partial charge in [-0.3, -0.25) is 9.59 Å². The Labute approximate surface area is 229 Å². The highest BCUT2D eigenvalue weighted by molar-refractivity contribution is 6.06. The Balaban J connectivity index is 1.56. The van der Waals surface area contributed by atoms with Crippen molar-refractivity contribution in [2.45, 2.75) is 19.9 Å². The molecule has 1 saturated heterocycles. The first-order valence-electron chi connectivity index (χ1n) is 12.9. The van der Waals surface area contributed by atoms with Crippen molar-refractivity contribution in [3.63, 3.8) is 0 Å². The molecule has 3 aromatic carbocycles. The number of carbonyl (C=O) groups is 2. The lowest BCUT2D eigenvalue weighted by Crippen LogP contribution is -2.47. The summed E-state index contributed by atoms with van der Waals surface area (Å²) in [7, 11) is 4.75. The summed E-state index contributed by atoms with van der Waals surface area (Å²) in [6, 6.07) is 18.4. The third-order valence-corrected chi connectivity index (χ3v) is 6.58. The van der Waals surface area contributed by atoms with Crippen molar-refractivity contribution < 1.29 is 23.8 Å². The standard InChI is InChI=1S/C30H36N4O5/c1-20(2)31-30(36)25-18-22(32-29(35)21-16-23(37-3)19-24(17-21)38-4)10-11-26(25)33-12-14-34(15-13-33)27-8-6-7-9-28(27)39-5/h6-11,16-20H,12-15H2,1-5H3,(H,31,36)(H,32,35). The van der Waals surface area contributed by atoms with Crippen molar-refractivity contribution in [2.75, 3.05) is 62.6 Å². The summed E-state index contributed by atoms with van der Waals surface area (Å²) in [5.74, 6) is 1.35. The van der Waals surface area contributed by atoms with E-state index in [1.165, 1.54) is 14.2 Å². The quantitative estimate of drug-likeness (QED) is 0.421. The summed E-state index contributed by atoms with van der Waals surface area (Å²) in [4.78, 5) is 30.8. The third kappa shape index (κ3) is 6.54. The van der Waals surface area contributed by atoms with Crippen molar-refractivity contribution in [2.24, 2.45) is 0 Å². The maximum absolute atomic E-state index is 13.3.